The van der Waals surface area contributed by atoms with Gasteiger partial charge in [0.05, 0.1) is 24.2 Å². The Bertz CT molecular complexity index is 515. The SMILES string of the molecule is COc1ccc2nc(C3CC(O)C3)[nH]c2c1. The topological polar surface area (TPSA) is 58.1 Å². The molecule has 0 saturated heterocycles. The van der Waals surface area contributed by atoms with Crippen molar-refractivity contribution in [2.75, 3.05) is 7.11 Å². The zero-order chi connectivity index (χ0) is 11.1. The number of rotatable bonds is 2. The lowest BCUT2D eigenvalue weighted by molar-refractivity contribution is 0.0720. The van der Waals surface area contributed by atoms with Crippen LogP contribution in [0.3, 0.4) is 0 Å². The summed E-state index contributed by atoms with van der Waals surface area (Å²) >= 11 is 0. The van der Waals surface area contributed by atoms with Gasteiger partial charge in [0.2, 0.25) is 0 Å². The van der Waals surface area contributed by atoms with Crippen molar-refractivity contribution in [1.29, 1.82) is 0 Å². The van der Waals surface area contributed by atoms with Crippen molar-refractivity contribution in [2.45, 2.75) is 24.9 Å². The molecule has 16 heavy (non-hydrogen) atoms. The first-order chi connectivity index (χ1) is 7.76. The van der Waals surface area contributed by atoms with Crippen LogP contribution in [0.25, 0.3) is 11.0 Å². The van der Waals surface area contributed by atoms with Crippen LogP contribution in [-0.2, 0) is 0 Å². The number of nitrogens with one attached hydrogen (secondary N) is 1. The van der Waals surface area contributed by atoms with E-state index in [2.05, 4.69) is 9.97 Å². The standard InChI is InChI=1S/C12H14N2O2/c1-16-9-2-3-10-11(6-9)14-12(13-10)7-4-8(15)5-7/h2-3,6-8,15H,4-5H2,1H3,(H,13,14). The molecule has 3 rings (SSSR count). The molecule has 0 aliphatic heterocycles. The number of aliphatic hydroxyl groups excluding tert-OH is 1. The fourth-order valence-corrected chi connectivity index (χ4v) is 2.14. The summed E-state index contributed by atoms with van der Waals surface area (Å²) in [6.45, 7) is 0. The number of imidazole rings is 1. The molecule has 1 aromatic heterocycles. The highest BCUT2D eigenvalue weighted by Crippen LogP contribution is 2.36. The maximum absolute atomic E-state index is 9.28. The number of hydrogen-bond donors (Lipinski definition) is 2. The third-order valence-electron chi connectivity index (χ3n) is 3.21. The predicted octanol–water partition coefficient (Wildman–Crippen LogP) is 1.81. The van der Waals surface area contributed by atoms with Gasteiger partial charge in [-0.15, -0.1) is 0 Å². The van der Waals surface area contributed by atoms with E-state index in [1.54, 1.807) is 7.11 Å². The highest BCUT2D eigenvalue weighted by molar-refractivity contribution is 5.76. The van der Waals surface area contributed by atoms with Crippen molar-refractivity contribution in [2.24, 2.45) is 0 Å². The minimum Gasteiger partial charge on any atom is -0.497 e. The Balaban J connectivity index is 1.96. The second-order valence-electron chi connectivity index (χ2n) is 4.33. The van der Waals surface area contributed by atoms with Crippen LogP contribution in [0.1, 0.15) is 24.6 Å². The van der Waals surface area contributed by atoms with Crippen molar-refractivity contribution in [3.63, 3.8) is 0 Å². The van der Waals surface area contributed by atoms with Gasteiger partial charge < -0.3 is 14.8 Å². The highest BCUT2D eigenvalue weighted by Gasteiger charge is 2.30. The molecule has 0 atom stereocenters. The summed E-state index contributed by atoms with van der Waals surface area (Å²) in [5.74, 6) is 2.19. The first-order valence-corrected chi connectivity index (χ1v) is 5.48. The molecule has 0 spiro atoms. The van der Waals surface area contributed by atoms with E-state index in [1.807, 2.05) is 18.2 Å². The van der Waals surface area contributed by atoms with Crippen LogP contribution < -0.4 is 4.74 Å². The third-order valence-corrected chi connectivity index (χ3v) is 3.21. The summed E-state index contributed by atoms with van der Waals surface area (Å²) in [4.78, 5) is 7.81. The lowest BCUT2D eigenvalue weighted by Gasteiger charge is -2.29. The number of ether oxygens (including phenoxy) is 1. The molecular formula is C12H14N2O2. The Kier molecular flexibility index (Phi) is 2.11. The van der Waals surface area contributed by atoms with E-state index >= 15 is 0 Å². The number of methoxy groups -OCH3 is 1. The van der Waals surface area contributed by atoms with Gasteiger partial charge in [-0.3, -0.25) is 0 Å². The van der Waals surface area contributed by atoms with Crippen molar-refractivity contribution in [3.05, 3.63) is 24.0 Å². The molecule has 2 N–H and O–H groups in total. The van der Waals surface area contributed by atoms with Gasteiger partial charge in [-0.2, -0.15) is 0 Å². The molecule has 1 aromatic carbocycles. The molecular weight excluding hydrogens is 204 g/mol. The van der Waals surface area contributed by atoms with Gasteiger partial charge in [0.15, 0.2) is 0 Å². The maximum Gasteiger partial charge on any atom is 0.121 e. The largest absolute Gasteiger partial charge is 0.497 e. The first kappa shape index (κ1) is 9.66. The molecule has 1 aliphatic carbocycles. The van der Waals surface area contributed by atoms with Crippen molar-refractivity contribution >= 4 is 11.0 Å². The lowest BCUT2D eigenvalue weighted by atomic mass is 9.82. The molecule has 84 valence electrons. The van der Waals surface area contributed by atoms with Crippen LogP contribution in [0.2, 0.25) is 0 Å². The summed E-state index contributed by atoms with van der Waals surface area (Å²) in [7, 11) is 1.65. The van der Waals surface area contributed by atoms with Gasteiger partial charge in [-0.25, -0.2) is 4.98 Å². The molecule has 0 unspecified atom stereocenters. The molecule has 1 fully saturated rings. The number of nitrogens with zero attached hydrogens (tertiary/aromatic N) is 1. The third kappa shape index (κ3) is 1.46. The fraction of sp³-hybridized carbons (Fsp3) is 0.417. The van der Waals surface area contributed by atoms with Crippen LogP contribution in [0, 0.1) is 0 Å². The quantitative estimate of drug-likeness (QED) is 0.808. The van der Waals surface area contributed by atoms with Crippen molar-refractivity contribution in [3.8, 4) is 5.75 Å². The number of hydrogen-bond acceptors (Lipinski definition) is 3. The number of aromatic nitrogens is 2. The second-order valence-corrected chi connectivity index (χ2v) is 4.33. The smallest absolute Gasteiger partial charge is 0.121 e. The minimum absolute atomic E-state index is 0.146. The summed E-state index contributed by atoms with van der Waals surface area (Å²) in [5, 5.41) is 9.28. The number of aromatic amines is 1. The minimum atomic E-state index is -0.146. The Hall–Kier alpha value is -1.55. The molecule has 1 heterocycles. The van der Waals surface area contributed by atoms with E-state index in [9.17, 15) is 5.11 Å². The van der Waals surface area contributed by atoms with Gasteiger partial charge in [0.1, 0.15) is 11.6 Å². The van der Waals surface area contributed by atoms with Crippen LogP contribution in [0.15, 0.2) is 18.2 Å². The molecule has 0 radical (unpaired) electrons. The number of aliphatic hydroxyl groups is 1. The Labute approximate surface area is 93.3 Å². The normalized spacial score (nSPS) is 24.4. The summed E-state index contributed by atoms with van der Waals surface area (Å²) in [6.07, 6.45) is 1.49. The first-order valence-electron chi connectivity index (χ1n) is 5.48. The zero-order valence-corrected chi connectivity index (χ0v) is 9.10. The van der Waals surface area contributed by atoms with Crippen LogP contribution >= 0.6 is 0 Å². The molecule has 0 amide bonds. The van der Waals surface area contributed by atoms with Gasteiger partial charge in [-0.1, -0.05) is 0 Å². The van der Waals surface area contributed by atoms with Crippen LogP contribution in [0.4, 0.5) is 0 Å². The summed E-state index contributed by atoms with van der Waals surface area (Å²) in [6, 6.07) is 5.80. The molecule has 0 bridgehead atoms. The van der Waals surface area contributed by atoms with E-state index in [0.29, 0.717) is 5.92 Å². The predicted molar refractivity (Wildman–Crippen MR) is 60.6 cm³/mol. The van der Waals surface area contributed by atoms with E-state index in [-0.39, 0.29) is 6.10 Å². The highest BCUT2D eigenvalue weighted by atomic mass is 16.5. The summed E-state index contributed by atoms with van der Waals surface area (Å²) < 4.78 is 5.16. The molecule has 4 heteroatoms. The average molecular weight is 218 g/mol. The van der Waals surface area contributed by atoms with Gasteiger partial charge >= 0.3 is 0 Å². The Morgan fingerprint density at radius 3 is 2.94 bits per heavy atom. The zero-order valence-electron chi connectivity index (χ0n) is 9.10. The van der Waals surface area contributed by atoms with E-state index in [4.69, 9.17) is 4.74 Å². The van der Waals surface area contributed by atoms with Crippen molar-refractivity contribution < 1.29 is 9.84 Å². The number of H-pyrrole nitrogens is 1. The van der Waals surface area contributed by atoms with E-state index in [0.717, 1.165) is 35.4 Å². The Morgan fingerprint density at radius 1 is 1.44 bits per heavy atom. The maximum atomic E-state index is 9.28. The van der Waals surface area contributed by atoms with Gasteiger partial charge in [0.25, 0.3) is 0 Å². The number of fused-ring (bicyclic) bond motifs is 1. The Morgan fingerprint density at radius 2 is 2.25 bits per heavy atom. The molecule has 1 aliphatic rings. The van der Waals surface area contributed by atoms with Gasteiger partial charge in [0, 0.05) is 12.0 Å². The fourth-order valence-electron chi connectivity index (χ4n) is 2.14. The van der Waals surface area contributed by atoms with E-state index < -0.39 is 0 Å². The lowest BCUT2D eigenvalue weighted by Crippen LogP contribution is -2.27. The molecule has 2 aromatic rings. The molecule has 4 nitrogen and oxygen atoms in total. The van der Waals surface area contributed by atoms with Gasteiger partial charge in [-0.05, 0) is 25.0 Å². The van der Waals surface area contributed by atoms with E-state index in [1.165, 1.54) is 0 Å². The summed E-state index contributed by atoms with van der Waals surface area (Å²) in [5.41, 5.74) is 1.95. The van der Waals surface area contributed by atoms with Crippen molar-refractivity contribution in [1.82, 2.24) is 9.97 Å². The number of benzene rings is 1. The second kappa shape index (κ2) is 3.49. The van der Waals surface area contributed by atoms with Crippen LogP contribution in [0.5, 0.6) is 5.75 Å². The molecule has 1 saturated carbocycles. The monoisotopic (exact) mass is 218 g/mol. The van der Waals surface area contributed by atoms with Crippen LogP contribution in [-0.4, -0.2) is 28.3 Å². The average Bonchev–Trinajstić information content (AvgIpc) is 2.66.